The number of hydrogen-bond donors (Lipinski definition) is 0. The zero-order valence-corrected chi connectivity index (χ0v) is 16.9. The van der Waals surface area contributed by atoms with E-state index < -0.39 is 0 Å². The van der Waals surface area contributed by atoms with Crippen molar-refractivity contribution >= 4 is 11.7 Å². The van der Waals surface area contributed by atoms with Gasteiger partial charge >= 0.3 is 0 Å². The number of carbonyl (C=O) groups excluding carboxylic acids is 2. The number of aromatic nitrogens is 1. The van der Waals surface area contributed by atoms with Gasteiger partial charge in [0, 0.05) is 43.4 Å². The number of likely N-dealkylation sites (tertiary alicyclic amines) is 1. The van der Waals surface area contributed by atoms with Crippen LogP contribution in [0.1, 0.15) is 46.3 Å². The number of ether oxygens (including phenoxy) is 1. The van der Waals surface area contributed by atoms with E-state index >= 15 is 0 Å². The average molecular weight is 380 g/mol. The zero-order valence-electron chi connectivity index (χ0n) is 16.9. The predicted octanol–water partition coefficient (Wildman–Crippen LogP) is 3.76. The molecule has 0 bridgehead atoms. The first kappa shape index (κ1) is 20.1. The van der Waals surface area contributed by atoms with Crippen molar-refractivity contribution in [1.82, 2.24) is 9.88 Å². The van der Waals surface area contributed by atoms with Gasteiger partial charge in [-0.05, 0) is 74.1 Å². The average Bonchev–Trinajstić information content (AvgIpc) is 2.72. The normalized spacial score (nSPS) is 16.7. The zero-order chi connectivity index (χ0) is 20.1. The monoisotopic (exact) mass is 380 g/mol. The molecule has 0 radical (unpaired) electrons. The number of hydrogen-bond acceptors (Lipinski definition) is 4. The summed E-state index contributed by atoms with van der Waals surface area (Å²) >= 11 is 0. The van der Waals surface area contributed by atoms with Crippen molar-refractivity contribution in [3.63, 3.8) is 0 Å². The minimum Gasteiger partial charge on any atom is -0.496 e. The number of benzene rings is 1. The highest BCUT2D eigenvalue weighted by Gasteiger charge is 2.29. The van der Waals surface area contributed by atoms with E-state index in [9.17, 15) is 9.59 Å². The lowest BCUT2D eigenvalue weighted by Crippen LogP contribution is -2.42. The van der Waals surface area contributed by atoms with Crippen molar-refractivity contribution in [3.05, 3.63) is 58.9 Å². The van der Waals surface area contributed by atoms with Crippen LogP contribution < -0.4 is 4.74 Å². The van der Waals surface area contributed by atoms with Gasteiger partial charge in [0.1, 0.15) is 5.75 Å². The van der Waals surface area contributed by atoms with E-state index in [1.54, 1.807) is 19.5 Å². The second kappa shape index (κ2) is 9.00. The molecule has 5 heteroatoms. The molecule has 3 rings (SSSR count). The van der Waals surface area contributed by atoms with Gasteiger partial charge in [0.05, 0.1) is 7.11 Å². The Kier molecular flexibility index (Phi) is 6.45. The third-order valence-corrected chi connectivity index (χ3v) is 5.47. The molecule has 1 aliphatic heterocycles. The number of ketones is 1. The molecule has 1 aliphatic rings. The summed E-state index contributed by atoms with van der Waals surface area (Å²) in [6, 6.07) is 7.67. The first-order valence-corrected chi connectivity index (χ1v) is 9.85. The third-order valence-electron chi connectivity index (χ3n) is 5.47. The number of nitrogens with zero attached hydrogens (tertiary/aromatic N) is 2. The highest BCUT2D eigenvalue weighted by molar-refractivity contribution is 5.99. The number of rotatable bonds is 6. The molecule has 1 aromatic carbocycles. The largest absolute Gasteiger partial charge is 0.496 e. The molecule has 1 fully saturated rings. The molecule has 1 atom stereocenters. The molecule has 1 amide bonds. The molecule has 5 nitrogen and oxygen atoms in total. The molecule has 0 N–H and O–H groups in total. The molecular weight excluding hydrogens is 352 g/mol. The van der Waals surface area contributed by atoms with Crippen molar-refractivity contribution < 1.29 is 14.3 Å². The van der Waals surface area contributed by atoms with E-state index in [-0.39, 0.29) is 17.6 Å². The minimum atomic E-state index is -0.133. The van der Waals surface area contributed by atoms with E-state index in [0.29, 0.717) is 24.9 Å². The van der Waals surface area contributed by atoms with Crippen molar-refractivity contribution in [2.75, 3.05) is 20.2 Å². The maximum absolute atomic E-state index is 13.1. The Bertz CT molecular complexity index is 825. The van der Waals surface area contributed by atoms with Gasteiger partial charge < -0.3 is 9.64 Å². The van der Waals surface area contributed by atoms with Gasteiger partial charge in [-0.2, -0.15) is 0 Å². The summed E-state index contributed by atoms with van der Waals surface area (Å²) in [5.41, 5.74) is 3.75. The number of aryl methyl sites for hydroxylation is 3. The van der Waals surface area contributed by atoms with Gasteiger partial charge in [0.2, 0.25) is 5.91 Å². The van der Waals surface area contributed by atoms with Crippen LogP contribution in [0.5, 0.6) is 5.75 Å². The van der Waals surface area contributed by atoms with Crippen molar-refractivity contribution in [1.29, 1.82) is 0 Å². The van der Waals surface area contributed by atoms with Gasteiger partial charge in [-0.15, -0.1) is 0 Å². The molecule has 0 spiro atoms. The maximum atomic E-state index is 13.1. The number of methoxy groups -OCH3 is 1. The Morgan fingerprint density at radius 2 is 1.86 bits per heavy atom. The smallest absolute Gasteiger partial charge is 0.222 e. The van der Waals surface area contributed by atoms with Crippen LogP contribution in [0.3, 0.4) is 0 Å². The van der Waals surface area contributed by atoms with Gasteiger partial charge in [-0.1, -0.05) is 0 Å². The quantitative estimate of drug-likeness (QED) is 0.716. The summed E-state index contributed by atoms with van der Waals surface area (Å²) in [5.74, 6) is 0.941. The summed E-state index contributed by atoms with van der Waals surface area (Å²) < 4.78 is 5.40. The Morgan fingerprint density at radius 3 is 2.50 bits per heavy atom. The maximum Gasteiger partial charge on any atom is 0.222 e. The second-order valence-electron chi connectivity index (χ2n) is 7.54. The summed E-state index contributed by atoms with van der Waals surface area (Å²) in [7, 11) is 1.65. The number of Topliss-reactive ketones (excluding diaryl/α,β-unsaturated/α-hetero) is 1. The van der Waals surface area contributed by atoms with E-state index in [2.05, 4.69) is 4.98 Å². The Morgan fingerprint density at radius 1 is 1.18 bits per heavy atom. The third kappa shape index (κ3) is 4.58. The van der Waals surface area contributed by atoms with Crippen LogP contribution in [0.15, 0.2) is 36.7 Å². The van der Waals surface area contributed by atoms with E-state index in [1.807, 2.05) is 43.0 Å². The van der Waals surface area contributed by atoms with Gasteiger partial charge in [-0.3, -0.25) is 14.6 Å². The molecule has 28 heavy (non-hydrogen) atoms. The van der Waals surface area contributed by atoms with E-state index in [0.717, 1.165) is 41.8 Å². The van der Waals surface area contributed by atoms with Crippen LogP contribution in [0.2, 0.25) is 0 Å². The summed E-state index contributed by atoms with van der Waals surface area (Å²) in [6.45, 7) is 5.16. The van der Waals surface area contributed by atoms with Gasteiger partial charge in [0.15, 0.2) is 5.78 Å². The van der Waals surface area contributed by atoms with Gasteiger partial charge in [-0.25, -0.2) is 0 Å². The van der Waals surface area contributed by atoms with E-state index in [1.165, 1.54) is 0 Å². The number of piperidine rings is 1. The summed E-state index contributed by atoms with van der Waals surface area (Å²) in [4.78, 5) is 31.6. The fourth-order valence-corrected chi connectivity index (χ4v) is 4.03. The topological polar surface area (TPSA) is 59.5 Å². The van der Waals surface area contributed by atoms with Crippen LogP contribution in [0, 0.1) is 19.8 Å². The molecule has 0 saturated carbocycles. The molecular formula is C23H28N2O3. The fourth-order valence-electron chi connectivity index (χ4n) is 4.03. The minimum absolute atomic E-state index is 0.122. The van der Waals surface area contributed by atoms with Crippen LogP contribution in [0.4, 0.5) is 0 Å². The van der Waals surface area contributed by atoms with Crippen molar-refractivity contribution in [2.24, 2.45) is 5.92 Å². The highest BCUT2D eigenvalue weighted by atomic mass is 16.5. The van der Waals surface area contributed by atoms with Crippen LogP contribution >= 0.6 is 0 Å². The van der Waals surface area contributed by atoms with Crippen molar-refractivity contribution in [3.8, 4) is 5.75 Å². The fraction of sp³-hybridized carbons (Fsp3) is 0.435. The predicted molar refractivity (Wildman–Crippen MR) is 109 cm³/mol. The molecule has 2 heterocycles. The molecule has 1 unspecified atom stereocenters. The SMILES string of the molecule is COc1c(C)cc(C(=O)C2CCCN(C(=O)CCc3ccncc3)C2)cc1C. The number of carbonyl (C=O) groups is 2. The summed E-state index contributed by atoms with van der Waals surface area (Å²) in [5, 5.41) is 0. The Labute approximate surface area is 166 Å². The lowest BCUT2D eigenvalue weighted by atomic mass is 9.88. The molecule has 2 aromatic rings. The molecule has 1 aromatic heterocycles. The number of pyridine rings is 1. The first-order valence-electron chi connectivity index (χ1n) is 9.85. The van der Waals surface area contributed by atoms with Crippen LogP contribution in [0.25, 0.3) is 0 Å². The Balaban J connectivity index is 1.64. The molecule has 148 valence electrons. The van der Waals surface area contributed by atoms with Gasteiger partial charge in [0.25, 0.3) is 0 Å². The Hall–Kier alpha value is -2.69. The van der Waals surface area contributed by atoms with Crippen molar-refractivity contribution in [2.45, 2.75) is 39.5 Å². The molecule has 1 saturated heterocycles. The van der Waals surface area contributed by atoms with Crippen LogP contribution in [-0.2, 0) is 11.2 Å². The first-order chi connectivity index (χ1) is 13.5. The lowest BCUT2D eigenvalue weighted by molar-refractivity contribution is -0.132. The number of amides is 1. The highest BCUT2D eigenvalue weighted by Crippen LogP contribution is 2.28. The lowest BCUT2D eigenvalue weighted by Gasteiger charge is -2.32. The van der Waals surface area contributed by atoms with Crippen LogP contribution in [-0.4, -0.2) is 41.8 Å². The standard InChI is InChI=1S/C23H28N2O3/c1-16-13-20(14-17(2)23(16)28-3)22(27)19-5-4-12-25(15-19)21(26)7-6-18-8-10-24-11-9-18/h8-11,13-14,19H,4-7,12,15H2,1-3H3. The van der Waals surface area contributed by atoms with E-state index in [4.69, 9.17) is 4.74 Å². The molecule has 0 aliphatic carbocycles. The summed E-state index contributed by atoms with van der Waals surface area (Å²) in [6.07, 6.45) is 6.35. The second-order valence-corrected chi connectivity index (χ2v) is 7.54.